The monoisotopic (exact) mass is 462 g/mol. The minimum Gasteiger partial charge on any atom is -0.508 e. The van der Waals surface area contributed by atoms with Gasteiger partial charge in [-0.2, -0.15) is 0 Å². The largest absolute Gasteiger partial charge is 0.508 e. The lowest BCUT2D eigenvalue weighted by Crippen LogP contribution is -1.87. The molecule has 4 nitrogen and oxygen atoms in total. The van der Waals surface area contributed by atoms with Crippen molar-refractivity contribution in [3.63, 3.8) is 0 Å². The summed E-state index contributed by atoms with van der Waals surface area (Å²) < 4.78 is 5.71. The Kier molecular flexibility index (Phi) is 7.41. The molecule has 4 heteroatoms. The molecule has 0 unspecified atom stereocenters. The molecular weight excluding hydrogens is 432 g/mol. The van der Waals surface area contributed by atoms with Gasteiger partial charge in [-0.3, -0.25) is 0 Å². The Morgan fingerprint density at radius 1 is 0.629 bits per heavy atom. The summed E-state index contributed by atoms with van der Waals surface area (Å²) >= 11 is 0. The number of hydrogen-bond acceptors (Lipinski definition) is 4. The molecule has 0 spiro atoms. The molecule has 0 fully saturated rings. The van der Waals surface area contributed by atoms with Gasteiger partial charge < -0.3 is 9.52 Å². The lowest BCUT2D eigenvalue weighted by molar-refractivity contribution is 0.475. The van der Waals surface area contributed by atoms with Gasteiger partial charge in [0.25, 0.3) is 0 Å². The van der Waals surface area contributed by atoms with Crippen molar-refractivity contribution >= 4 is 0 Å². The van der Waals surface area contributed by atoms with Crippen molar-refractivity contribution in [1.29, 1.82) is 0 Å². The first kappa shape index (κ1) is 24.0. The van der Waals surface area contributed by atoms with E-state index < -0.39 is 0 Å². The molecule has 0 aliphatic heterocycles. The van der Waals surface area contributed by atoms with Gasteiger partial charge >= 0.3 is 0 Å². The third-order valence-corrected chi connectivity index (χ3v) is 5.90. The Bertz CT molecular complexity index is 1380. The zero-order chi connectivity index (χ0) is 24.8. The maximum atomic E-state index is 9.51. The van der Waals surface area contributed by atoms with Crippen LogP contribution in [0.15, 0.2) is 101 Å². The molecule has 0 saturated heterocycles. The van der Waals surface area contributed by atoms with E-state index in [0.29, 0.717) is 23.3 Å². The Morgan fingerprint density at radius 2 is 1.14 bits per heavy atom. The maximum Gasteiger partial charge on any atom is 0.248 e. The highest BCUT2D eigenvalue weighted by molar-refractivity contribution is 5.70. The van der Waals surface area contributed by atoms with E-state index in [-0.39, 0.29) is 5.75 Å². The Hall–Kier alpha value is -4.18. The van der Waals surface area contributed by atoms with Crippen molar-refractivity contribution in [3.05, 3.63) is 114 Å². The van der Waals surface area contributed by atoms with Crippen LogP contribution in [0, 0.1) is 13.8 Å². The molecule has 5 rings (SSSR count). The van der Waals surface area contributed by atoms with Crippen LogP contribution in [-0.2, 0) is 0 Å². The number of aryl methyl sites for hydroxylation is 2. The van der Waals surface area contributed by atoms with Gasteiger partial charge in [0.1, 0.15) is 5.75 Å². The van der Waals surface area contributed by atoms with Crippen LogP contribution in [0.25, 0.3) is 34.0 Å². The summed E-state index contributed by atoms with van der Waals surface area (Å²) in [5, 5.41) is 17.7. The second-order valence-corrected chi connectivity index (χ2v) is 8.87. The first-order chi connectivity index (χ1) is 16.9. The van der Waals surface area contributed by atoms with Crippen LogP contribution in [0.2, 0.25) is 0 Å². The summed E-state index contributed by atoms with van der Waals surface area (Å²) in [6, 6.07) is 31.9. The standard InChI is InChI=1S/C17H16N2O2.C14H14/c1-11(2)12-5-3-6-13(9-12)16-18-19-17(21-16)14-7-4-8-15(20)10-14;1-11-7-3-5-9-13(11)14-10-6-4-8-12(14)2/h3-11,20H,1-2H3;3-10H,1-2H3. The molecule has 0 aliphatic rings. The lowest BCUT2D eigenvalue weighted by Gasteiger charge is -2.08. The van der Waals surface area contributed by atoms with Crippen molar-refractivity contribution in [1.82, 2.24) is 10.2 Å². The van der Waals surface area contributed by atoms with Gasteiger partial charge in [0.2, 0.25) is 11.8 Å². The molecule has 1 heterocycles. The first-order valence-electron chi connectivity index (χ1n) is 11.8. The molecule has 1 aromatic heterocycles. The normalized spacial score (nSPS) is 10.7. The van der Waals surface area contributed by atoms with Gasteiger partial charge in [-0.1, -0.05) is 80.6 Å². The molecule has 35 heavy (non-hydrogen) atoms. The summed E-state index contributed by atoms with van der Waals surface area (Å²) in [6.07, 6.45) is 0. The second-order valence-electron chi connectivity index (χ2n) is 8.87. The number of phenolic OH excluding ortho intramolecular Hbond substituents is 1. The van der Waals surface area contributed by atoms with E-state index in [1.807, 2.05) is 18.2 Å². The maximum absolute atomic E-state index is 9.51. The second kappa shape index (κ2) is 10.8. The minimum absolute atomic E-state index is 0.175. The van der Waals surface area contributed by atoms with E-state index in [4.69, 9.17) is 4.42 Å². The van der Waals surface area contributed by atoms with E-state index in [1.165, 1.54) is 27.8 Å². The van der Waals surface area contributed by atoms with E-state index in [9.17, 15) is 5.11 Å². The van der Waals surface area contributed by atoms with Crippen LogP contribution >= 0.6 is 0 Å². The van der Waals surface area contributed by atoms with Crippen molar-refractivity contribution in [3.8, 4) is 39.8 Å². The van der Waals surface area contributed by atoms with Gasteiger partial charge in [-0.15, -0.1) is 10.2 Å². The van der Waals surface area contributed by atoms with Crippen molar-refractivity contribution in [2.24, 2.45) is 0 Å². The number of phenols is 1. The van der Waals surface area contributed by atoms with Gasteiger partial charge in [-0.25, -0.2) is 0 Å². The van der Waals surface area contributed by atoms with Gasteiger partial charge in [0.15, 0.2) is 0 Å². The molecule has 4 aromatic carbocycles. The summed E-state index contributed by atoms with van der Waals surface area (Å²) in [5.74, 6) is 1.50. The Balaban J connectivity index is 0.000000179. The number of rotatable bonds is 4. The summed E-state index contributed by atoms with van der Waals surface area (Å²) in [7, 11) is 0. The Morgan fingerprint density at radius 3 is 1.66 bits per heavy atom. The van der Waals surface area contributed by atoms with Crippen LogP contribution in [0.4, 0.5) is 0 Å². The van der Waals surface area contributed by atoms with Crippen molar-refractivity contribution in [2.45, 2.75) is 33.6 Å². The molecule has 176 valence electrons. The number of aromatic nitrogens is 2. The number of aromatic hydroxyl groups is 1. The van der Waals surface area contributed by atoms with Crippen LogP contribution in [0.1, 0.15) is 36.5 Å². The molecule has 0 aliphatic carbocycles. The molecule has 1 N–H and O–H groups in total. The van der Waals surface area contributed by atoms with Crippen molar-refractivity contribution in [2.75, 3.05) is 0 Å². The molecule has 0 radical (unpaired) electrons. The fourth-order valence-corrected chi connectivity index (χ4v) is 3.88. The summed E-state index contributed by atoms with van der Waals surface area (Å²) in [5.41, 5.74) is 8.18. The minimum atomic E-state index is 0.175. The fourth-order valence-electron chi connectivity index (χ4n) is 3.88. The fraction of sp³-hybridized carbons (Fsp3) is 0.161. The molecule has 0 amide bonds. The van der Waals surface area contributed by atoms with Gasteiger partial charge in [0, 0.05) is 11.1 Å². The quantitative estimate of drug-likeness (QED) is 0.292. The zero-order valence-corrected chi connectivity index (χ0v) is 20.6. The first-order valence-corrected chi connectivity index (χ1v) is 11.8. The molecule has 5 aromatic rings. The highest BCUT2D eigenvalue weighted by atomic mass is 16.4. The number of benzene rings is 4. The van der Waals surface area contributed by atoms with E-state index in [1.54, 1.807) is 18.2 Å². The van der Waals surface area contributed by atoms with Crippen LogP contribution in [0.3, 0.4) is 0 Å². The Labute approximate surface area is 206 Å². The van der Waals surface area contributed by atoms with E-state index in [2.05, 4.69) is 98.6 Å². The molecular formula is C31H30N2O2. The zero-order valence-electron chi connectivity index (χ0n) is 20.6. The molecule has 0 bridgehead atoms. The van der Waals surface area contributed by atoms with Crippen LogP contribution in [-0.4, -0.2) is 15.3 Å². The summed E-state index contributed by atoms with van der Waals surface area (Å²) in [6.45, 7) is 8.60. The molecule has 0 atom stereocenters. The average molecular weight is 463 g/mol. The number of nitrogens with zero attached hydrogens (tertiary/aromatic N) is 2. The van der Waals surface area contributed by atoms with Gasteiger partial charge in [0.05, 0.1) is 0 Å². The highest BCUT2D eigenvalue weighted by Crippen LogP contribution is 2.28. The predicted octanol–water partition coefficient (Wildman–Crippen LogP) is 8.20. The SMILES string of the molecule is CC(C)c1cccc(-c2nnc(-c3cccc(O)c3)o2)c1.Cc1ccccc1-c1ccccc1C. The van der Waals surface area contributed by atoms with E-state index in [0.717, 1.165) is 5.56 Å². The molecule has 0 saturated carbocycles. The summed E-state index contributed by atoms with van der Waals surface area (Å²) in [4.78, 5) is 0. The number of hydrogen-bond donors (Lipinski definition) is 1. The van der Waals surface area contributed by atoms with Crippen LogP contribution in [0.5, 0.6) is 5.75 Å². The highest BCUT2D eigenvalue weighted by Gasteiger charge is 2.12. The predicted molar refractivity (Wildman–Crippen MR) is 142 cm³/mol. The lowest BCUT2D eigenvalue weighted by atomic mass is 9.97. The van der Waals surface area contributed by atoms with E-state index >= 15 is 0 Å². The smallest absolute Gasteiger partial charge is 0.248 e. The van der Waals surface area contributed by atoms with Gasteiger partial charge in [-0.05, 0) is 77.9 Å². The topological polar surface area (TPSA) is 59.2 Å². The third kappa shape index (κ3) is 5.85. The average Bonchev–Trinajstić information content (AvgIpc) is 3.36. The third-order valence-electron chi connectivity index (χ3n) is 5.90. The van der Waals surface area contributed by atoms with Crippen molar-refractivity contribution < 1.29 is 9.52 Å². The van der Waals surface area contributed by atoms with Crippen LogP contribution < -0.4 is 0 Å².